The van der Waals surface area contributed by atoms with Crippen LogP contribution in [0.25, 0.3) is 0 Å². The quantitative estimate of drug-likeness (QED) is 0.482. The lowest BCUT2D eigenvalue weighted by atomic mass is 9.90. The summed E-state index contributed by atoms with van der Waals surface area (Å²) in [6, 6.07) is 22.0. The summed E-state index contributed by atoms with van der Waals surface area (Å²) in [4.78, 5) is 29.4. The van der Waals surface area contributed by atoms with E-state index in [1.54, 1.807) is 36.4 Å². The fraction of sp³-hybridized carbons (Fsp3) is 0.355. The molecule has 6 rings (SSSR count). The average Bonchev–Trinajstić information content (AvgIpc) is 3.24. The summed E-state index contributed by atoms with van der Waals surface area (Å²) < 4.78 is 18.6. The van der Waals surface area contributed by atoms with Gasteiger partial charge in [0.2, 0.25) is 0 Å². The number of anilines is 1. The molecule has 1 N–H and O–H groups in total. The first kappa shape index (κ1) is 25.9. The summed E-state index contributed by atoms with van der Waals surface area (Å²) in [6.45, 7) is 6.07. The number of aliphatic hydroxyl groups excluding tert-OH is 1. The van der Waals surface area contributed by atoms with Crippen LogP contribution in [0.5, 0.6) is 0 Å². The van der Waals surface area contributed by atoms with Crippen molar-refractivity contribution in [2.75, 3.05) is 37.7 Å². The maximum absolute atomic E-state index is 12.9. The van der Waals surface area contributed by atoms with Crippen LogP contribution in [0.4, 0.5) is 5.69 Å². The summed E-state index contributed by atoms with van der Waals surface area (Å²) in [5.74, 6) is -0.555. The van der Waals surface area contributed by atoms with E-state index < -0.39 is 6.29 Å². The molecular formula is C31H32N2O6. The summed E-state index contributed by atoms with van der Waals surface area (Å²) >= 11 is 0. The molecule has 0 aromatic heterocycles. The predicted octanol–water partition coefficient (Wildman–Crippen LogP) is 4.10. The molecule has 39 heavy (non-hydrogen) atoms. The smallest absolute Gasteiger partial charge is 0.266 e. The first-order valence-electron chi connectivity index (χ1n) is 13.4. The topological polar surface area (TPSA) is 88.5 Å². The van der Waals surface area contributed by atoms with Crippen molar-refractivity contribution in [3.8, 4) is 0 Å². The molecule has 0 unspecified atom stereocenters. The van der Waals surface area contributed by atoms with Crippen LogP contribution in [0.15, 0.2) is 72.8 Å². The summed E-state index contributed by atoms with van der Waals surface area (Å²) in [5.41, 5.74) is 4.04. The molecular weight excluding hydrogens is 496 g/mol. The van der Waals surface area contributed by atoms with E-state index in [-0.39, 0.29) is 36.5 Å². The number of hydrogen-bond acceptors (Lipinski definition) is 7. The van der Waals surface area contributed by atoms with E-state index in [0.717, 1.165) is 36.3 Å². The van der Waals surface area contributed by atoms with Crippen LogP contribution in [-0.2, 0) is 20.8 Å². The van der Waals surface area contributed by atoms with Crippen molar-refractivity contribution < 1.29 is 28.9 Å². The van der Waals surface area contributed by atoms with Gasteiger partial charge in [-0.3, -0.25) is 14.5 Å². The largest absolute Gasteiger partial charge is 0.392 e. The minimum atomic E-state index is -0.619. The SMILES string of the molecule is C[C@H]1[C@@H](CN2CCOCC2)O[C@@H](c2ccc(N3C(=O)c4ccccc4C3=O)cc2)O[C@H]1c1ccc(CO)cc1. The fourth-order valence-electron chi connectivity index (χ4n) is 5.57. The molecule has 0 radical (unpaired) electrons. The Labute approximate surface area is 227 Å². The lowest BCUT2D eigenvalue weighted by Gasteiger charge is -2.43. The number of aliphatic hydroxyl groups is 1. The zero-order valence-electron chi connectivity index (χ0n) is 21.9. The Morgan fingerprint density at radius 3 is 2.05 bits per heavy atom. The number of nitrogens with zero attached hydrogens (tertiary/aromatic N) is 2. The van der Waals surface area contributed by atoms with Crippen LogP contribution < -0.4 is 4.90 Å². The number of hydrogen-bond donors (Lipinski definition) is 1. The van der Waals surface area contributed by atoms with Crippen LogP contribution >= 0.6 is 0 Å². The van der Waals surface area contributed by atoms with Gasteiger partial charge in [-0.2, -0.15) is 0 Å². The van der Waals surface area contributed by atoms with E-state index in [4.69, 9.17) is 14.2 Å². The van der Waals surface area contributed by atoms with E-state index >= 15 is 0 Å². The molecule has 2 amide bonds. The number of morpholine rings is 1. The molecule has 0 bridgehead atoms. The number of amides is 2. The zero-order valence-corrected chi connectivity index (χ0v) is 21.9. The Bertz CT molecular complexity index is 1300. The zero-order chi connectivity index (χ0) is 26.9. The third kappa shape index (κ3) is 5.02. The number of carbonyl (C=O) groups excluding carboxylic acids is 2. The molecule has 4 atom stereocenters. The van der Waals surface area contributed by atoms with E-state index in [0.29, 0.717) is 30.0 Å². The first-order chi connectivity index (χ1) is 19.0. The van der Waals surface area contributed by atoms with Gasteiger partial charge < -0.3 is 19.3 Å². The van der Waals surface area contributed by atoms with Crippen molar-refractivity contribution in [3.05, 3.63) is 101 Å². The van der Waals surface area contributed by atoms with Crippen molar-refractivity contribution >= 4 is 17.5 Å². The Morgan fingerprint density at radius 1 is 0.821 bits per heavy atom. The Hall–Kier alpha value is -3.40. The minimum absolute atomic E-state index is 0.00774. The van der Waals surface area contributed by atoms with Gasteiger partial charge in [-0.05, 0) is 35.4 Å². The van der Waals surface area contributed by atoms with Gasteiger partial charge in [0, 0.05) is 31.1 Å². The lowest BCUT2D eigenvalue weighted by Crippen LogP contribution is -2.47. The van der Waals surface area contributed by atoms with Crippen molar-refractivity contribution in [1.29, 1.82) is 0 Å². The second kappa shape index (κ2) is 11.0. The Kier molecular flexibility index (Phi) is 7.29. The maximum atomic E-state index is 12.9. The van der Waals surface area contributed by atoms with E-state index in [2.05, 4.69) is 11.8 Å². The molecule has 3 heterocycles. The highest BCUT2D eigenvalue weighted by Crippen LogP contribution is 2.42. The number of ether oxygens (including phenoxy) is 3. The summed E-state index contributed by atoms with van der Waals surface area (Å²) in [6.07, 6.45) is -0.912. The standard InChI is InChI=1S/C31H32N2O6/c1-20-27(18-32-14-16-37-17-15-32)38-31(39-28(20)22-8-6-21(19-34)7-9-22)23-10-12-24(13-11-23)33-29(35)25-4-2-3-5-26(25)30(33)36/h2-13,20,27-28,31,34H,14-19H2,1H3/t20-,27+,28+,31+/m0/s1. The van der Waals surface area contributed by atoms with Gasteiger partial charge in [-0.15, -0.1) is 0 Å². The lowest BCUT2D eigenvalue weighted by molar-refractivity contribution is -0.277. The van der Waals surface area contributed by atoms with Gasteiger partial charge in [0.25, 0.3) is 11.8 Å². The number of benzene rings is 3. The molecule has 3 aliphatic rings. The summed E-state index contributed by atoms with van der Waals surface area (Å²) in [7, 11) is 0. The second-order valence-electron chi connectivity index (χ2n) is 10.3. The molecule has 0 aliphatic carbocycles. The molecule has 3 aromatic rings. The van der Waals surface area contributed by atoms with E-state index in [1.807, 2.05) is 36.4 Å². The first-order valence-corrected chi connectivity index (χ1v) is 13.4. The maximum Gasteiger partial charge on any atom is 0.266 e. The third-order valence-electron chi connectivity index (χ3n) is 7.88. The van der Waals surface area contributed by atoms with Gasteiger partial charge in [-0.1, -0.05) is 55.5 Å². The minimum Gasteiger partial charge on any atom is -0.392 e. The van der Waals surface area contributed by atoms with Gasteiger partial charge >= 0.3 is 0 Å². The van der Waals surface area contributed by atoms with Crippen molar-refractivity contribution in [3.63, 3.8) is 0 Å². The van der Waals surface area contributed by atoms with Crippen LogP contribution in [-0.4, -0.2) is 60.8 Å². The van der Waals surface area contributed by atoms with E-state index in [1.165, 1.54) is 4.90 Å². The highest BCUT2D eigenvalue weighted by Gasteiger charge is 2.40. The van der Waals surface area contributed by atoms with Crippen molar-refractivity contribution in [2.24, 2.45) is 5.92 Å². The second-order valence-corrected chi connectivity index (χ2v) is 10.3. The van der Waals surface area contributed by atoms with Gasteiger partial charge in [-0.25, -0.2) is 4.90 Å². The van der Waals surface area contributed by atoms with Gasteiger partial charge in [0.05, 0.1) is 48.8 Å². The van der Waals surface area contributed by atoms with Gasteiger partial charge in [0.15, 0.2) is 6.29 Å². The molecule has 8 heteroatoms. The number of rotatable bonds is 6. The van der Waals surface area contributed by atoms with Gasteiger partial charge in [0.1, 0.15) is 0 Å². The van der Waals surface area contributed by atoms with Crippen LogP contribution in [0, 0.1) is 5.92 Å². The monoisotopic (exact) mass is 528 g/mol. The van der Waals surface area contributed by atoms with Crippen molar-refractivity contribution in [2.45, 2.75) is 32.0 Å². The van der Waals surface area contributed by atoms with Crippen molar-refractivity contribution in [1.82, 2.24) is 4.90 Å². The summed E-state index contributed by atoms with van der Waals surface area (Å²) in [5, 5.41) is 9.48. The number of carbonyl (C=O) groups is 2. The van der Waals surface area contributed by atoms with Crippen LogP contribution in [0.2, 0.25) is 0 Å². The molecule has 2 fully saturated rings. The molecule has 3 aromatic carbocycles. The third-order valence-corrected chi connectivity index (χ3v) is 7.88. The molecule has 202 valence electrons. The Balaban J connectivity index is 1.25. The molecule has 8 nitrogen and oxygen atoms in total. The molecule has 0 saturated carbocycles. The highest BCUT2D eigenvalue weighted by atomic mass is 16.7. The number of imide groups is 1. The fourth-order valence-corrected chi connectivity index (χ4v) is 5.57. The molecule has 3 aliphatic heterocycles. The Morgan fingerprint density at radius 2 is 1.44 bits per heavy atom. The highest BCUT2D eigenvalue weighted by molar-refractivity contribution is 6.34. The average molecular weight is 529 g/mol. The predicted molar refractivity (Wildman–Crippen MR) is 144 cm³/mol. The molecule has 0 spiro atoms. The number of fused-ring (bicyclic) bond motifs is 1. The van der Waals surface area contributed by atoms with Crippen LogP contribution in [0.3, 0.4) is 0 Å². The molecule has 2 saturated heterocycles. The normalized spacial score (nSPS) is 25.6. The van der Waals surface area contributed by atoms with Crippen LogP contribution in [0.1, 0.15) is 56.7 Å². The van der Waals surface area contributed by atoms with E-state index in [9.17, 15) is 14.7 Å².